The maximum Gasteiger partial charge on any atom is 0.0954 e. The third-order valence-corrected chi connectivity index (χ3v) is 4.61. The van der Waals surface area contributed by atoms with Gasteiger partial charge in [0, 0.05) is 22.3 Å². The predicted octanol–water partition coefficient (Wildman–Crippen LogP) is 3.24. The maximum atomic E-state index is 5.52. The zero-order valence-corrected chi connectivity index (χ0v) is 11.3. The van der Waals surface area contributed by atoms with Gasteiger partial charge < -0.3 is 5.73 Å². The van der Waals surface area contributed by atoms with Gasteiger partial charge in [-0.2, -0.15) is 11.8 Å². The molecule has 0 aliphatic rings. The normalized spacial score (nSPS) is 13.4. The first kappa shape index (κ1) is 13.0. The first-order valence-corrected chi connectivity index (χ1v) is 7.32. The second kappa shape index (κ2) is 6.51. The maximum absolute atomic E-state index is 5.52. The Morgan fingerprint density at radius 2 is 2.20 bits per heavy atom. The van der Waals surface area contributed by atoms with Crippen LogP contribution in [0.4, 0.5) is 0 Å². The summed E-state index contributed by atoms with van der Waals surface area (Å²) in [4.78, 5) is 4.61. The number of hydrogen-bond acceptors (Lipinski definition) is 4. The summed E-state index contributed by atoms with van der Waals surface area (Å²) >= 11 is 3.72. The lowest BCUT2D eigenvalue weighted by molar-refractivity contribution is 0.821. The van der Waals surface area contributed by atoms with Gasteiger partial charge in [-0.1, -0.05) is 20.8 Å². The number of aromatic nitrogens is 1. The van der Waals surface area contributed by atoms with Crippen molar-refractivity contribution >= 4 is 23.1 Å². The van der Waals surface area contributed by atoms with Crippen LogP contribution in [-0.2, 0) is 5.75 Å². The van der Waals surface area contributed by atoms with E-state index >= 15 is 0 Å². The average molecular weight is 244 g/mol. The molecule has 1 atom stereocenters. The Labute approximate surface area is 101 Å². The molecule has 0 amide bonds. The van der Waals surface area contributed by atoms with E-state index in [0.717, 1.165) is 18.7 Å². The van der Waals surface area contributed by atoms with Crippen LogP contribution in [0.15, 0.2) is 5.38 Å². The summed E-state index contributed by atoms with van der Waals surface area (Å²) in [6.45, 7) is 7.38. The number of thioether (sulfide) groups is 1. The van der Waals surface area contributed by atoms with Crippen molar-refractivity contribution in [3.63, 3.8) is 0 Å². The highest BCUT2D eigenvalue weighted by molar-refractivity contribution is 7.99. The van der Waals surface area contributed by atoms with Gasteiger partial charge in [0.25, 0.3) is 0 Å². The van der Waals surface area contributed by atoms with E-state index < -0.39 is 0 Å². The molecule has 0 fully saturated rings. The molecule has 1 aromatic heterocycles. The van der Waals surface area contributed by atoms with Gasteiger partial charge in [-0.3, -0.25) is 0 Å². The van der Waals surface area contributed by atoms with Crippen LogP contribution >= 0.6 is 23.1 Å². The zero-order chi connectivity index (χ0) is 11.3. The number of nitrogens with two attached hydrogens (primary N) is 1. The molecule has 1 unspecified atom stereocenters. The molecule has 1 heterocycles. The van der Waals surface area contributed by atoms with Crippen LogP contribution < -0.4 is 5.73 Å². The van der Waals surface area contributed by atoms with Crippen molar-refractivity contribution in [3.8, 4) is 0 Å². The molecule has 0 saturated carbocycles. The summed E-state index contributed by atoms with van der Waals surface area (Å²) < 4.78 is 0. The van der Waals surface area contributed by atoms with Crippen molar-refractivity contribution in [1.82, 2.24) is 4.98 Å². The molecule has 2 nitrogen and oxygen atoms in total. The van der Waals surface area contributed by atoms with Crippen molar-refractivity contribution < 1.29 is 0 Å². The van der Waals surface area contributed by atoms with Gasteiger partial charge in [-0.05, 0) is 13.0 Å². The minimum Gasteiger partial charge on any atom is -0.330 e. The molecule has 1 aromatic rings. The van der Waals surface area contributed by atoms with Gasteiger partial charge in [0.2, 0.25) is 0 Å². The van der Waals surface area contributed by atoms with Crippen molar-refractivity contribution in [2.45, 2.75) is 44.1 Å². The first-order chi connectivity index (χ1) is 7.13. The van der Waals surface area contributed by atoms with Crippen molar-refractivity contribution in [2.75, 3.05) is 6.54 Å². The Kier molecular flexibility index (Phi) is 5.64. The van der Waals surface area contributed by atoms with Crippen LogP contribution in [0.25, 0.3) is 0 Å². The van der Waals surface area contributed by atoms with Crippen molar-refractivity contribution in [3.05, 3.63) is 16.1 Å². The third kappa shape index (κ3) is 4.53. The lowest BCUT2D eigenvalue weighted by Crippen LogP contribution is -2.07. The van der Waals surface area contributed by atoms with Gasteiger partial charge >= 0.3 is 0 Å². The lowest BCUT2D eigenvalue weighted by Gasteiger charge is -2.07. The zero-order valence-electron chi connectivity index (χ0n) is 9.69. The highest BCUT2D eigenvalue weighted by atomic mass is 32.2. The molecule has 0 radical (unpaired) electrons. The first-order valence-electron chi connectivity index (χ1n) is 5.39. The van der Waals surface area contributed by atoms with Gasteiger partial charge in [0.15, 0.2) is 0 Å². The summed E-state index contributed by atoms with van der Waals surface area (Å²) in [6.07, 6.45) is 1.09. The summed E-state index contributed by atoms with van der Waals surface area (Å²) in [5, 5.41) is 4.06. The van der Waals surface area contributed by atoms with E-state index in [2.05, 4.69) is 31.1 Å². The van der Waals surface area contributed by atoms with E-state index in [0.29, 0.717) is 11.2 Å². The molecule has 0 saturated heterocycles. The van der Waals surface area contributed by atoms with E-state index in [9.17, 15) is 0 Å². The van der Waals surface area contributed by atoms with Crippen LogP contribution in [0.1, 0.15) is 43.8 Å². The highest BCUT2D eigenvalue weighted by Gasteiger charge is 2.07. The van der Waals surface area contributed by atoms with E-state index in [1.54, 1.807) is 11.3 Å². The van der Waals surface area contributed by atoms with Crippen LogP contribution in [0.5, 0.6) is 0 Å². The molecular formula is C11H20N2S2. The lowest BCUT2D eigenvalue weighted by atomic mass is 10.2. The minimum atomic E-state index is 0.551. The Morgan fingerprint density at radius 3 is 2.73 bits per heavy atom. The molecule has 0 spiro atoms. The standard InChI is InChI=1S/C11H20N2S2/c1-8(2)11-13-10(7-15-11)6-14-9(3)4-5-12/h7-9H,4-6,12H2,1-3H3. The molecule has 15 heavy (non-hydrogen) atoms. The van der Waals surface area contributed by atoms with Crippen molar-refractivity contribution in [2.24, 2.45) is 5.73 Å². The fourth-order valence-corrected chi connectivity index (χ4v) is 3.05. The average Bonchev–Trinajstić information content (AvgIpc) is 2.63. The summed E-state index contributed by atoms with van der Waals surface area (Å²) in [6, 6.07) is 0. The van der Waals surface area contributed by atoms with Crippen LogP contribution in [-0.4, -0.2) is 16.8 Å². The van der Waals surface area contributed by atoms with Crippen LogP contribution in [0.2, 0.25) is 0 Å². The monoisotopic (exact) mass is 244 g/mol. The molecule has 0 aliphatic heterocycles. The molecule has 4 heteroatoms. The smallest absolute Gasteiger partial charge is 0.0954 e. The van der Waals surface area contributed by atoms with E-state index in [4.69, 9.17) is 5.73 Å². The van der Waals surface area contributed by atoms with E-state index in [-0.39, 0.29) is 0 Å². The number of nitrogens with zero attached hydrogens (tertiary/aromatic N) is 1. The molecule has 1 rings (SSSR count). The van der Waals surface area contributed by atoms with Crippen LogP contribution in [0.3, 0.4) is 0 Å². The van der Waals surface area contributed by atoms with Gasteiger partial charge in [-0.15, -0.1) is 11.3 Å². The third-order valence-electron chi connectivity index (χ3n) is 2.15. The molecule has 2 N–H and O–H groups in total. The van der Waals surface area contributed by atoms with Crippen molar-refractivity contribution in [1.29, 1.82) is 0 Å². The SMILES string of the molecule is CC(CCN)SCc1csc(C(C)C)n1. The minimum absolute atomic E-state index is 0.551. The Balaban J connectivity index is 2.37. The molecule has 0 aromatic carbocycles. The molecule has 86 valence electrons. The summed E-state index contributed by atoms with van der Waals surface area (Å²) in [7, 11) is 0. The Hall–Kier alpha value is -0.0600. The number of rotatable bonds is 6. The quantitative estimate of drug-likeness (QED) is 0.835. The molecule has 0 aliphatic carbocycles. The largest absolute Gasteiger partial charge is 0.330 e. The molecular weight excluding hydrogens is 224 g/mol. The summed E-state index contributed by atoms with van der Waals surface area (Å²) in [5.41, 5.74) is 6.74. The predicted molar refractivity (Wildman–Crippen MR) is 70.6 cm³/mol. The Morgan fingerprint density at radius 1 is 1.47 bits per heavy atom. The topological polar surface area (TPSA) is 38.9 Å². The second-order valence-electron chi connectivity index (χ2n) is 4.03. The number of thiazole rings is 1. The van der Waals surface area contributed by atoms with Gasteiger partial charge in [0.1, 0.15) is 0 Å². The van der Waals surface area contributed by atoms with Crippen LogP contribution in [0, 0.1) is 0 Å². The van der Waals surface area contributed by atoms with Gasteiger partial charge in [-0.25, -0.2) is 4.98 Å². The van der Waals surface area contributed by atoms with E-state index in [1.807, 2.05) is 11.8 Å². The molecule has 0 bridgehead atoms. The summed E-state index contributed by atoms with van der Waals surface area (Å²) in [5.74, 6) is 1.57. The fraction of sp³-hybridized carbons (Fsp3) is 0.727. The number of hydrogen-bond donors (Lipinski definition) is 1. The highest BCUT2D eigenvalue weighted by Crippen LogP contribution is 2.24. The van der Waals surface area contributed by atoms with E-state index in [1.165, 1.54) is 10.7 Å². The fourth-order valence-electron chi connectivity index (χ4n) is 1.20. The Bertz CT molecular complexity index is 284. The van der Waals surface area contributed by atoms with Gasteiger partial charge in [0.05, 0.1) is 10.7 Å². The second-order valence-corrected chi connectivity index (χ2v) is 6.35.